The molecular formula is C14H21NO6. The number of phenols is 1. The fraction of sp³-hybridized carbons (Fsp3) is 0.571. The molecular weight excluding hydrogens is 278 g/mol. The Labute approximate surface area is 122 Å². The van der Waals surface area contributed by atoms with Crippen molar-refractivity contribution in [1.82, 2.24) is 0 Å². The highest BCUT2D eigenvalue weighted by Crippen LogP contribution is 2.31. The Morgan fingerprint density at radius 2 is 1.71 bits per heavy atom. The zero-order valence-corrected chi connectivity index (χ0v) is 11.4. The van der Waals surface area contributed by atoms with Gasteiger partial charge in [0.05, 0.1) is 12.7 Å². The van der Waals surface area contributed by atoms with Crippen molar-refractivity contribution in [2.45, 2.75) is 37.1 Å². The fourth-order valence-corrected chi connectivity index (χ4v) is 2.56. The minimum Gasteiger partial charge on any atom is -0.508 e. The molecule has 6 atom stereocenters. The van der Waals surface area contributed by atoms with Crippen LogP contribution in [-0.2, 0) is 4.74 Å². The number of benzene rings is 1. The second-order valence-corrected chi connectivity index (χ2v) is 5.33. The first kappa shape index (κ1) is 16.2. The van der Waals surface area contributed by atoms with Crippen LogP contribution in [0.4, 0.5) is 0 Å². The van der Waals surface area contributed by atoms with E-state index >= 15 is 0 Å². The Balaban J connectivity index is 2.05. The lowest BCUT2D eigenvalue weighted by molar-refractivity contribution is -0.271. The zero-order valence-electron chi connectivity index (χ0n) is 11.4. The number of nitrogens with two attached hydrogens (primary N) is 1. The van der Waals surface area contributed by atoms with Gasteiger partial charge < -0.3 is 36.0 Å². The molecule has 21 heavy (non-hydrogen) atoms. The first-order valence-electron chi connectivity index (χ1n) is 6.79. The summed E-state index contributed by atoms with van der Waals surface area (Å²) in [6.07, 6.45) is -4.67. The maximum Gasteiger partial charge on any atom is 0.160 e. The standard InChI is InChI=1S/C14H21NO6/c15-10(7-1-3-8(17)4-2-7)5-9-12(18)13(19)11(6-16)21-14(9)20/h1-4,9-14,16-20H,5-6,15H2/t9-,10?,11-,12-,13+,14?/m1/s1. The summed E-state index contributed by atoms with van der Waals surface area (Å²) in [6.45, 7) is -0.494. The van der Waals surface area contributed by atoms with Crippen LogP contribution in [0.25, 0.3) is 0 Å². The first-order valence-corrected chi connectivity index (χ1v) is 6.79. The maximum atomic E-state index is 10.1. The van der Waals surface area contributed by atoms with Gasteiger partial charge in [-0.3, -0.25) is 0 Å². The summed E-state index contributed by atoms with van der Waals surface area (Å²) in [4.78, 5) is 0. The Bertz CT molecular complexity index is 453. The van der Waals surface area contributed by atoms with Gasteiger partial charge in [0.25, 0.3) is 0 Å². The van der Waals surface area contributed by atoms with E-state index in [9.17, 15) is 20.4 Å². The highest BCUT2D eigenvalue weighted by Gasteiger charge is 2.43. The van der Waals surface area contributed by atoms with Crippen LogP contribution in [0.15, 0.2) is 24.3 Å². The lowest BCUT2D eigenvalue weighted by Crippen LogP contribution is -2.56. The molecule has 0 saturated carbocycles. The number of hydrogen-bond donors (Lipinski definition) is 6. The lowest BCUT2D eigenvalue weighted by atomic mass is 9.85. The van der Waals surface area contributed by atoms with E-state index in [0.29, 0.717) is 0 Å². The number of ether oxygens (including phenoxy) is 1. The topological polar surface area (TPSA) is 136 Å². The van der Waals surface area contributed by atoms with Gasteiger partial charge in [-0.2, -0.15) is 0 Å². The third-order valence-corrected chi connectivity index (χ3v) is 3.88. The predicted octanol–water partition coefficient (Wildman–Crippen LogP) is -1.17. The molecule has 2 unspecified atom stereocenters. The molecule has 0 spiro atoms. The van der Waals surface area contributed by atoms with Gasteiger partial charge in [0.2, 0.25) is 0 Å². The van der Waals surface area contributed by atoms with E-state index < -0.39 is 43.2 Å². The van der Waals surface area contributed by atoms with Gasteiger partial charge >= 0.3 is 0 Å². The summed E-state index contributed by atoms with van der Waals surface area (Å²) in [6, 6.07) is 5.79. The molecule has 0 radical (unpaired) electrons. The van der Waals surface area contributed by atoms with Crippen LogP contribution in [0.1, 0.15) is 18.0 Å². The van der Waals surface area contributed by atoms with E-state index in [1.165, 1.54) is 12.1 Å². The molecule has 0 amide bonds. The van der Waals surface area contributed by atoms with Gasteiger partial charge in [0.15, 0.2) is 6.29 Å². The normalized spacial score (nSPS) is 34.6. The third-order valence-electron chi connectivity index (χ3n) is 3.88. The van der Waals surface area contributed by atoms with Gasteiger partial charge in [-0.1, -0.05) is 12.1 Å². The van der Waals surface area contributed by atoms with Gasteiger partial charge in [-0.25, -0.2) is 0 Å². The molecule has 7 N–H and O–H groups in total. The predicted molar refractivity (Wildman–Crippen MR) is 73.1 cm³/mol. The van der Waals surface area contributed by atoms with Crippen LogP contribution in [0.2, 0.25) is 0 Å². The van der Waals surface area contributed by atoms with Crippen molar-refractivity contribution >= 4 is 0 Å². The van der Waals surface area contributed by atoms with E-state index in [0.717, 1.165) is 5.56 Å². The number of hydrogen-bond acceptors (Lipinski definition) is 7. The van der Waals surface area contributed by atoms with Crippen LogP contribution < -0.4 is 5.73 Å². The van der Waals surface area contributed by atoms with Gasteiger partial charge in [-0.15, -0.1) is 0 Å². The largest absolute Gasteiger partial charge is 0.508 e. The number of aromatic hydroxyl groups is 1. The van der Waals surface area contributed by atoms with Crippen LogP contribution in [0, 0.1) is 5.92 Å². The average Bonchev–Trinajstić information content (AvgIpc) is 2.47. The Morgan fingerprint density at radius 1 is 1.10 bits per heavy atom. The summed E-state index contributed by atoms with van der Waals surface area (Å²) in [5.74, 6) is -0.653. The molecule has 1 saturated heterocycles. The monoisotopic (exact) mass is 299 g/mol. The summed E-state index contributed by atoms with van der Waals surface area (Å²) < 4.78 is 5.09. The summed E-state index contributed by atoms with van der Waals surface area (Å²) in [7, 11) is 0. The fourth-order valence-electron chi connectivity index (χ4n) is 2.56. The van der Waals surface area contributed by atoms with Crippen LogP contribution in [0.3, 0.4) is 0 Å². The summed E-state index contributed by atoms with van der Waals surface area (Å²) in [5, 5.41) is 48.0. The molecule has 1 aromatic rings. The van der Waals surface area contributed by atoms with Crippen molar-refractivity contribution in [2.24, 2.45) is 11.7 Å². The Hall–Kier alpha value is -1.22. The number of aliphatic hydroxyl groups is 4. The zero-order chi connectivity index (χ0) is 15.6. The van der Waals surface area contributed by atoms with Gasteiger partial charge in [-0.05, 0) is 24.1 Å². The quantitative estimate of drug-likeness (QED) is 0.412. The minimum absolute atomic E-state index is 0.119. The van der Waals surface area contributed by atoms with Crippen LogP contribution >= 0.6 is 0 Å². The van der Waals surface area contributed by atoms with E-state index in [1.54, 1.807) is 12.1 Å². The molecule has 1 aliphatic rings. The highest BCUT2D eigenvalue weighted by atomic mass is 16.6. The summed E-state index contributed by atoms with van der Waals surface area (Å²) >= 11 is 0. The second-order valence-electron chi connectivity index (χ2n) is 5.33. The molecule has 1 aromatic carbocycles. The van der Waals surface area contributed by atoms with Crippen molar-refractivity contribution in [1.29, 1.82) is 0 Å². The molecule has 7 heteroatoms. The van der Waals surface area contributed by atoms with E-state index in [2.05, 4.69) is 0 Å². The smallest absolute Gasteiger partial charge is 0.160 e. The minimum atomic E-state index is -1.32. The van der Waals surface area contributed by atoms with Crippen molar-refractivity contribution in [2.75, 3.05) is 6.61 Å². The molecule has 7 nitrogen and oxygen atoms in total. The molecule has 0 aliphatic carbocycles. The molecule has 1 fully saturated rings. The molecule has 0 bridgehead atoms. The van der Waals surface area contributed by atoms with Crippen LogP contribution in [-0.4, -0.2) is 56.7 Å². The number of phenolic OH excluding ortho intramolecular Hbond substituents is 1. The van der Waals surface area contributed by atoms with Gasteiger partial charge in [0, 0.05) is 12.0 Å². The van der Waals surface area contributed by atoms with Crippen molar-refractivity contribution in [3.8, 4) is 5.75 Å². The third kappa shape index (κ3) is 3.52. The van der Waals surface area contributed by atoms with E-state index in [-0.39, 0.29) is 12.2 Å². The molecule has 2 rings (SSSR count). The average molecular weight is 299 g/mol. The molecule has 1 heterocycles. The first-order chi connectivity index (χ1) is 9.93. The second kappa shape index (κ2) is 6.69. The van der Waals surface area contributed by atoms with Crippen molar-refractivity contribution in [3.05, 3.63) is 29.8 Å². The maximum absolute atomic E-state index is 10.1. The van der Waals surface area contributed by atoms with Gasteiger partial charge in [0.1, 0.15) is 18.0 Å². The summed E-state index contributed by atoms with van der Waals surface area (Å²) in [5.41, 5.74) is 6.75. The number of aliphatic hydroxyl groups excluding tert-OH is 4. The molecule has 0 aromatic heterocycles. The number of rotatable bonds is 4. The highest BCUT2D eigenvalue weighted by molar-refractivity contribution is 5.27. The van der Waals surface area contributed by atoms with Crippen molar-refractivity contribution in [3.63, 3.8) is 0 Å². The molecule has 118 valence electrons. The Kier molecular flexibility index (Phi) is 5.15. The van der Waals surface area contributed by atoms with Crippen molar-refractivity contribution < 1.29 is 30.3 Å². The van der Waals surface area contributed by atoms with Crippen LogP contribution in [0.5, 0.6) is 5.75 Å². The lowest BCUT2D eigenvalue weighted by Gasteiger charge is -2.41. The van der Waals surface area contributed by atoms with E-state index in [1.807, 2.05) is 0 Å². The molecule has 1 aliphatic heterocycles. The van der Waals surface area contributed by atoms with E-state index in [4.69, 9.17) is 15.6 Å². The Morgan fingerprint density at radius 3 is 2.29 bits per heavy atom. The SMILES string of the molecule is NC(C[C@H]1C(O)O[C@H](CO)[C@H](O)[C@@H]1O)c1ccc(O)cc1.